The van der Waals surface area contributed by atoms with Crippen molar-refractivity contribution < 1.29 is 9.59 Å². The summed E-state index contributed by atoms with van der Waals surface area (Å²) >= 11 is 5.99. The smallest absolute Gasteiger partial charge is 0.252 e. The Bertz CT molecular complexity index is 958. The van der Waals surface area contributed by atoms with Gasteiger partial charge in [0.1, 0.15) is 6.04 Å². The third kappa shape index (κ3) is 6.11. The van der Waals surface area contributed by atoms with Gasteiger partial charge < -0.3 is 10.2 Å². The number of halogens is 1. The first-order valence-corrected chi connectivity index (χ1v) is 11.1. The van der Waals surface area contributed by atoms with Gasteiger partial charge in [0, 0.05) is 23.7 Å². The van der Waals surface area contributed by atoms with Crippen molar-refractivity contribution in [3.8, 4) is 6.07 Å². The van der Waals surface area contributed by atoms with Gasteiger partial charge in [-0.1, -0.05) is 63.2 Å². The van der Waals surface area contributed by atoms with E-state index in [1.807, 2.05) is 30.9 Å². The lowest BCUT2D eigenvalue weighted by atomic mass is 9.89. The summed E-state index contributed by atoms with van der Waals surface area (Å²) < 4.78 is 0. The van der Waals surface area contributed by atoms with Crippen molar-refractivity contribution in [1.29, 1.82) is 5.26 Å². The van der Waals surface area contributed by atoms with Gasteiger partial charge in [-0.3, -0.25) is 9.59 Å². The zero-order valence-corrected chi connectivity index (χ0v) is 18.7. The molecule has 2 amide bonds. The standard InChI is InChI=1S/C25H28ClN3O2.CH4/c1-17(2)23(28-24(30)22-6-4-3-5-20(22)11-14-27)25(31)29-15-12-19(13-16-29)18-7-9-21(26)10-8-18;/h3-10,17,19,23H,11-13,15-16H2,1-2H3,(H,28,30);1H4/t23-;/m1./s1. The molecular formula is C26H32ClN3O2. The minimum atomic E-state index is -0.602. The van der Waals surface area contributed by atoms with Crippen LogP contribution in [0.25, 0.3) is 0 Å². The molecule has 0 saturated carbocycles. The molecule has 0 aliphatic carbocycles. The van der Waals surface area contributed by atoms with E-state index in [-0.39, 0.29) is 31.6 Å². The number of likely N-dealkylation sites (tertiary alicyclic amines) is 1. The lowest BCUT2D eigenvalue weighted by Gasteiger charge is -2.35. The Morgan fingerprint density at radius 3 is 2.34 bits per heavy atom. The predicted molar refractivity (Wildman–Crippen MR) is 129 cm³/mol. The molecule has 0 aromatic heterocycles. The average Bonchev–Trinajstić information content (AvgIpc) is 2.78. The fourth-order valence-electron chi connectivity index (χ4n) is 4.08. The SMILES string of the molecule is C.CC(C)[C@@H](NC(=O)c1ccccc1CC#N)C(=O)N1CCC(c2ccc(Cl)cc2)CC1. The molecular weight excluding hydrogens is 422 g/mol. The van der Waals surface area contributed by atoms with E-state index in [0.29, 0.717) is 30.1 Å². The molecule has 1 atom stereocenters. The van der Waals surface area contributed by atoms with Gasteiger partial charge in [0.25, 0.3) is 5.91 Å². The van der Waals surface area contributed by atoms with Crippen molar-refractivity contribution >= 4 is 23.4 Å². The van der Waals surface area contributed by atoms with Crippen LogP contribution in [0, 0.1) is 17.2 Å². The molecule has 2 aromatic rings. The summed E-state index contributed by atoms with van der Waals surface area (Å²) in [6, 6.07) is 16.4. The van der Waals surface area contributed by atoms with Gasteiger partial charge in [-0.25, -0.2) is 0 Å². The van der Waals surface area contributed by atoms with Gasteiger partial charge in [-0.2, -0.15) is 5.26 Å². The highest BCUT2D eigenvalue weighted by Gasteiger charge is 2.32. The van der Waals surface area contributed by atoms with Gasteiger partial charge in [0.2, 0.25) is 5.91 Å². The van der Waals surface area contributed by atoms with Crippen LogP contribution in [0.2, 0.25) is 5.02 Å². The molecule has 5 nitrogen and oxygen atoms in total. The van der Waals surface area contributed by atoms with Gasteiger partial charge in [-0.05, 0) is 54.0 Å². The fourth-order valence-corrected chi connectivity index (χ4v) is 4.20. The number of carbonyl (C=O) groups excluding carboxylic acids is 2. The molecule has 1 fully saturated rings. The minimum absolute atomic E-state index is 0. The van der Waals surface area contributed by atoms with Gasteiger partial charge in [0.05, 0.1) is 12.5 Å². The predicted octanol–water partition coefficient (Wildman–Crippen LogP) is 5.20. The van der Waals surface area contributed by atoms with E-state index < -0.39 is 6.04 Å². The summed E-state index contributed by atoms with van der Waals surface area (Å²) in [5.74, 6) is 0.00412. The Hall–Kier alpha value is -2.84. The maximum Gasteiger partial charge on any atom is 0.252 e. The van der Waals surface area contributed by atoms with Crippen molar-refractivity contribution in [3.05, 3.63) is 70.2 Å². The van der Waals surface area contributed by atoms with Crippen molar-refractivity contribution in [3.63, 3.8) is 0 Å². The molecule has 170 valence electrons. The van der Waals surface area contributed by atoms with Crippen molar-refractivity contribution in [2.24, 2.45) is 5.92 Å². The molecule has 32 heavy (non-hydrogen) atoms. The van der Waals surface area contributed by atoms with Crippen LogP contribution in [0.5, 0.6) is 0 Å². The maximum atomic E-state index is 13.2. The Balaban J connectivity index is 0.00000363. The Morgan fingerprint density at radius 2 is 1.75 bits per heavy atom. The molecule has 1 aliphatic rings. The Kier molecular flexibility index (Phi) is 9.28. The third-order valence-electron chi connectivity index (χ3n) is 5.90. The highest BCUT2D eigenvalue weighted by molar-refractivity contribution is 6.30. The summed E-state index contributed by atoms with van der Waals surface area (Å²) in [7, 11) is 0. The number of carbonyl (C=O) groups is 2. The van der Waals surface area contributed by atoms with Crippen LogP contribution >= 0.6 is 11.6 Å². The number of piperidine rings is 1. The van der Waals surface area contributed by atoms with Crippen LogP contribution in [0.1, 0.15) is 61.5 Å². The first-order valence-electron chi connectivity index (χ1n) is 10.7. The van der Waals surface area contributed by atoms with E-state index in [0.717, 1.165) is 17.9 Å². The van der Waals surface area contributed by atoms with E-state index in [1.165, 1.54) is 5.56 Å². The largest absolute Gasteiger partial charge is 0.341 e. The minimum Gasteiger partial charge on any atom is -0.341 e. The van der Waals surface area contributed by atoms with E-state index in [4.69, 9.17) is 16.9 Å². The molecule has 0 unspecified atom stereocenters. The summed E-state index contributed by atoms with van der Waals surface area (Å²) in [5.41, 5.74) is 2.37. The first kappa shape index (κ1) is 25.4. The number of amides is 2. The number of nitriles is 1. The molecule has 0 radical (unpaired) electrons. The van der Waals surface area contributed by atoms with Gasteiger partial charge in [-0.15, -0.1) is 0 Å². The molecule has 3 rings (SSSR count). The zero-order chi connectivity index (χ0) is 22.4. The third-order valence-corrected chi connectivity index (χ3v) is 6.15. The van der Waals surface area contributed by atoms with Gasteiger partial charge in [0.15, 0.2) is 0 Å². The summed E-state index contributed by atoms with van der Waals surface area (Å²) in [6.07, 6.45) is 1.93. The van der Waals surface area contributed by atoms with E-state index in [1.54, 1.807) is 24.3 Å². The van der Waals surface area contributed by atoms with E-state index >= 15 is 0 Å². The van der Waals surface area contributed by atoms with Crippen molar-refractivity contribution in [2.75, 3.05) is 13.1 Å². The monoisotopic (exact) mass is 453 g/mol. The number of rotatable bonds is 6. The number of benzene rings is 2. The lowest BCUT2D eigenvalue weighted by Crippen LogP contribution is -2.53. The van der Waals surface area contributed by atoms with Crippen molar-refractivity contribution in [2.45, 2.75) is 52.5 Å². The summed E-state index contributed by atoms with van der Waals surface area (Å²) in [5, 5.41) is 12.7. The Labute approximate surface area is 196 Å². The van der Waals surface area contributed by atoms with Crippen LogP contribution in [-0.4, -0.2) is 35.8 Å². The van der Waals surface area contributed by atoms with Crippen LogP contribution in [-0.2, 0) is 11.2 Å². The highest BCUT2D eigenvalue weighted by atomic mass is 35.5. The number of nitrogens with one attached hydrogen (secondary N) is 1. The average molecular weight is 454 g/mol. The Morgan fingerprint density at radius 1 is 1.12 bits per heavy atom. The second kappa shape index (κ2) is 11.7. The number of hydrogen-bond acceptors (Lipinski definition) is 3. The topological polar surface area (TPSA) is 73.2 Å². The first-order chi connectivity index (χ1) is 14.9. The number of nitrogens with zero attached hydrogens (tertiary/aromatic N) is 2. The number of hydrogen-bond donors (Lipinski definition) is 1. The van der Waals surface area contributed by atoms with Crippen LogP contribution < -0.4 is 5.32 Å². The molecule has 2 aromatic carbocycles. The van der Waals surface area contributed by atoms with Crippen LogP contribution in [0.4, 0.5) is 0 Å². The molecule has 6 heteroatoms. The highest BCUT2D eigenvalue weighted by Crippen LogP contribution is 2.29. The molecule has 1 heterocycles. The van der Waals surface area contributed by atoms with Crippen molar-refractivity contribution in [1.82, 2.24) is 10.2 Å². The van der Waals surface area contributed by atoms with E-state index in [2.05, 4.69) is 23.5 Å². The quantitative estimate of drug-likeness (QED) is 0.653. The lowest BCUT2D eigenvalue weighted by molar-refractivity contribution is -0.135. The molecule has 0 bridgehead atoms. The zero-order valence-electron chi connectivity index (χ0n) is 18.0. The molecule has 1 saturated heterocycles. The second-order valence-electron chi connectivity index (χ2n) is 8.34. The van der Waals surface area contributed by atoms with E-state index in [9.17, 15) is 9.59 Å². The normalized spacial score (nSPS) is 14.9. The summed E-state index contributed by atoms with van der Waals surface area (Å²) in [6.45, 7) is 5.20. The summed E-state index contributed by atoms with van der Waals surface area (Å²) in [4.78, 5) is 28.0. The molecule has 1 N–H and O–H groups in total. The molecule has 1 aliphatic heterocycles. The van der Waals surface area contributed by atoms with Crippen LogP contribution in [0.15, 0.2) is 48.5 Å². The molecule has 0 spiro atoms. The second-order valence-corrected chi connectivity index (χ2v) is 8.77. The van der Waals surface area contributed by atoms with Crippen LogP contribution in [0.3, 0.4) is 0 Å². The van der Waals surface area contributed by atoms with Gasteiger partial charge >= 0.3 is 0 Å². The maximum absolute atomic E-state index is 13.2. The fraction of sp³-hybridized carbons (Fsp3) is 0.423.